The van der Waals surface area contributed by atoms with Gasteiger partial charge >= 0.3 is 23.1 Å². The number of hydrogen-bond donors (Lipinski definition) is 0. The number of carbonyl (C=O) groups excluding carboxylic acids is 2. The van der Waals surface area contributed by atoms with Gasteiger partial charge in [0, 0.05) is 0 Å². The fourth-order valence-corrected chi connectivity index (χ4v) is 0. The maximum absolute atomic E-state index is 9.49. The van der Waals surface area contributed by atoms with Gasteiger partial charge in [-0.1, -0.05) is 13.2 Å². The predicted molar refractivity (Wildman–Crippen MR) is 49.0 cm³/mol. The Labute approximate surface area is 98.6 Å². The first-order chi connectivity index (χ1) is 5.29. The van der Waals surface area contributed by atoms with Crippen molar-refractivity contribution < 1.29 is 25.3 Å². The zero-order chi connectivity index (χ0) is 10.3. The van der Waals surface area contributed by atoms with Gasteiger partial charge in [-0.15, -0.1) is 0 Å². The Kier molecular flexibility index (Phi) is 20.1. The van der Waals surface area contributed by atoms with Gasteiger partial charge in [0.05, 0.1) is 11.9 Å². The first kappa shape index (κ1) is 23.2. The Balaban J connectivity index is -0.0000000625. The zero-order valence-electron chi connectivity index (χ0n) is 8.25. The summed E-state index contributed by atoms with van der Waals surface area (Å²) in [6.45, 7) is 8.95. The van der Waals surface area contributed by atoms with E-state index in [1.807, 2.05) is 0 Å². The van der Waals surface area contributed by atoms with Crippen molar-refractivity contribution in [1.29, 1.82) is 0 Å². The molecular weight excluding hydrogens is 200 g/mol. The zero-order valence-corrected chi connectivity index (χ0v) is 9.67. The number of aliphatic carboxylic acids is 2. The van der Waals surface area contributed by atoms with E-state index < -0.39 is 11.9 Å². The molecule has 76 valence electrons. The van der Waals surface area contributed by atoms with Crippen molar-refractivity contribution in [1.82, 2.24) is 0 Å². The minimum atomic E-state index is -1.19. The van der Waals surface area contributed by atoms with E-state index in [1.54, 1.807) is 0 Å². The molecule has 5 nitrogen and oxygen atoms in total. The van der Waals surface area contributed by atoms with Crippen molar-refractivity contribution in [3.63, 3.8) is 0 Å². The molecule has 0 saturated heterocycles. The smallest absolute Gasteiger partial charge is 0.545 e. The molecule has 0 heterocycles. The second-order valence-corrected chi connectivity index (χ2v) is 2.14. The summed E-state index contributed by atoms with van der Waals surface area (Å²) in [4.78, 5) is 19.0. The maximum Gasteiger partial charge on any atom is 2.00 e. The third-order valence-corrected chi connectivity index (χ3v) is 0.697. The summed E-state index contributed by atoms with van der Waals surface area (Å²) in [7, 11) is 0. The molecule has 0 aliphatic rings. The molecule has 0 aromatic rings. The SMILES string of the molecule is C=C(C)C(=O)[O-].C=C(C)C(=O)[O-].O.[Mg+2]. The summed E-state index contributed by atoms with van der Waals surface area (Å²) in [6, 6.07) is 0. The van der Waals surface area contributed by atoms with E-state index in [2.05, 4.69) is 13.2 Å². The topological polar surface area (TPSA) is 112 Å². The second-order valence-electron chi connectivity index (χ2n) is 2.14. The Hall–Kier alpha value is -0.854. The molecule has 0 saturated carbocycles. The van der Waals surface area contributed by atoms with E-state index in [0.717, 1.165) is 0 Å². The van der Waals surface area contributed by atoms with Crippen molar-refractivity contribution in [2.24, 2.45) is 0 Å². The number of rotatable bonds is 2. The normalized spacial score (nSPS) is 6.43. The van der Waals surface area contributed by atoms with Gasteiger partial charge in [-0.3, -0.25) is 0 Å². The van der Waals surface area contributed by atoms with Crippen LogP contribution in [0.1, 0.15) is 13.8 Å². The van der Waals surface area contributed by atoms with E-state index in [0.29, 0.717) is 0 Å². The van der Waals surface area contributed by atoms with Gasteiger partial charge in [-0.25, -0.2) is 0 Å². The molecule has 0 radical (unpaired) electrons. The fraction of sp³-hybridized carbons (Fsp3) is 0.250. The van der Waals surface area contributed by atoms with Gasteiger partial charge in [0.25, 0.3) is 0 Å². The summed E-state index contributed by atoms with van der Waals surface area (Å²) in [5, 5.41) is 19.0. The summed E-state index contributed by atoms with van der Waals surface area (Å²) in [5.41, 5.74) is 0.130. The molecule has 0 unspecified atom stereocenters. The van der Waals surface area contributed by atoms with Crippen LogP contribution in [0.4, 0.5) is 0 Å². The van der Waals surface area contributed by atoms with Gasteiger partial charge in [0.15, 0.2) is 0 Å². The van der Waals surface area contributed by atoms with Crippen LogP contribution in [0, 0.1) is 0 Å². The third kappa shape index (κ3) is 22.5. The molecule has 0 atom stereocenters. The molecule has 14 heavy (non-hydrogen) atoms. The summed E-state index contributed by atoms with van der Waals surface area (Å²) < 4.78 is 0. The Morgan fingerprint density at radius 1 is 0.929 bits per heavy atom. The minimum absolute atomic E-state index is 0. The molecule has 0 spiro atoms. The van der Waals surface area contributed by atoms with Gasteiger partial charge in [-0.2, -0.15) is 0 Å². The van der Waals surface area contributed by atoms with E-state index in [-0.39, 0.29) is 39.7 Å². The summed E-state index contributed by atoms with van der Waals surface area (Å²) in [5.74, 6) is -2.37. The number of hydrogen-bond acceptors (Lipinski definition) is 4. The van der Waals surface area contributed by atoms with Gasteiger partial charge in [0.1, 0.15) is 0 Å². The Morgan fingerprint density at radius 2 is 1.00 bits per heavy atom. The first-order valence-electron chi connectivity index (χ1n) is 3.02. The molecule has 0 aromatic carbocycles. The predicted octanol–water partition coefficient (Wildman–Crippen LogP) is -2.58. The number of carbonyl (C=O) groups is 2. The van der Waals surface area contributed by atoms with Crippen LogP contribution in [0.3, 0.4) is 0 Å². The van der Waals surface area contributed by atoms with Crippen LogP contribution in [-0.4, -0.2) is 40.5 Å². The standard InChI is InChI=1S/2C4H6O2.Mg.H2O/c2*1-3(2)4(5)6;;/h2*1H2,2H3,(H,5,6);;1H2/q;;+2;/p-2. The largest absolute Gasteiger partial charge is 2.00 e. The van der Waals surface area contributed by atoms with Crippen LogP contribution in [-0.2, 0) is 9.59 Å². The number of carboxylic acid groups (broad SMARTS) is 2. The third-order valence-electron chi connectivity index (χ3n) is 0.697. The summed E-state index contributed by atoms with van der Waals surface area (Å²) >= 11 is 0. The maximum atomic E-state index is 9.49. The molecule has 0 aliphatic carbocycles. The Bertz CT molecular complexity index is 174. The van der Waals surface area contributed by atoms with Crippen LogP contribution in [0.15, 0.2) is 24.3 Å². The van der Waals surface area contributed by atoms with Crippen LogP contribution in [0.5, 0.6) is 0 Å². The van der Waals surface area contributed by atoms with Gasteiger partial charge < -0.3 is 25.3 Å². The number of carboxylic acids is 2. The fourth-order valence-electron chi connectivity index (χ4n) is 0. The summed E-state index contributed by atoms with van der Waals surface area (Å²) in [6.07, 6.45) is 0. The average molecular weight is 212 g/mol. The first-order valence-corrected chi connectivity index (χ1v) is 3.02. The van der Waals surface area contributed by atoms with E-state index in [1.165, 1.54) is 13.8 Å². The molecule has 0 rings (SSSR count). The molecule has 0 fully saturated rings. The van der Waals surface area contributed by atoms with Crippen molar-refractivity contribution in [2.45, 2.75) is 13.8 Å². The molecule has 0 amide bonds. The van der Waals surface area contributed by atoms with Crippen LogP contribution in [0.2, 0.25) is 0 Å². The van der Waals surface area contributed by atoms with E-state index >= 15 is 0 Å². The molecule has 0 bridgehead atoms. The van der Waals surface area contributed by atoms with E-state index in [9.17, 15) is 19.8 Å². The molecule has 0 aromatic heterocycles. The molecule has 2 N–H and O–H groups in total. The Morgan fingerprint density at radius 3 is 1.00 bits per heavy atom. The van der Waals surface area contributed by atoms with Gasteiger partial charge in [-0.05, 0) is 25.0 Å². The van der Waals surface area contributed by atoms with Crippen LogP contribution < -0.4 is 10.2 Å². The van der Waals surface area contributed by atoms with Crippen molar-refractivity contribution in [3.8, 4) is 0 Å². The molecule has 6 heteroatoms. The molecular formula is C8H12MgO5. The second kappa shape index (κ2) is 12.1. The van der Waals surface area contributed by atoms with Crippen LogP contribution >= 0.6 is 0 Å². The average Bonchev–Trinajstić information content (AvgIpc) is 1.88. The van der Waals surface area contributed by atoms with Crippen molar-refractivity contribution >= 4 is 35.0 Å². The van der Waals surface area contributed by atoms with E-state index in [4.69, 9.17) is 0 Å². The minimum Gasteiger partial charge on any atom is -0.545 e. The monoisotopic (exact) mass is 212 g/mol. The quantitative estimate of drug-likeness (QED) is 0.369. The van der Waals surface area contributed by atoms with Crippen molar-refractivity contribution in [3.05, 3.63) is 24.3 Å². The van der Waals surface area contributed by atoms with Crippen molar-refractivity contribution in [2.75, 3.05) is 0 Å². The van der Waals surface area contributed by atoms with Crippen LogP contribution in [0.25, 0.3) is 0 Å². The molecule has 0 aliphatic heterocycles. The van der Waals surface area contributed by atoms with Gasteiger partial charge in [0.2, 0.25) is 0 Å².